The highest BCUT2D eigenvalue weighted by Crippen LogP contribution is 2.27. The summed E-state index contributed by atoms with van der Waals surface area (Å²) in [6.45, 7) is 0. The third kappa shape index (κ3) is 2.64. The first-order chi connectivity index (χ1) is 9.49. The molecule has 1 heterocycles. The molecule has 2 rings (SSSR count). The van der Waals surface area contributed by atoms with Gasteiger partial charge in [0.15, 0.2) is 5.43 Å². The first kappa shape index (κ1) is 13.3. The Kier molecular flexibility index (Phi) is 3.47. The Hall–Kier alpha value is -3.16. The third-order valence-corrected chi connectivity index (χ3v) is 2.51. The van der Waals surface area contributed by atoms with Gasteiger partial charge >= 0.3 is 0 Å². The number of pyridine rings is 1. The predicted molar refractivity (Wildman–Crippen MR) is 69.8 cm³/mol. The van der Waals surface area contributed by atoms with Gasteiger partial charge in [-0.3, -0.25) is 19.7 Å². The number of rotatable bonds is 3. The number of aromatic hydroxyl groups is 1. The molecule has 3 N–H and O–H groups in total. The Morgan fingerprint density at radius 2 is 2.10 bits per heavy atom. The maximum absolute atomic E-state index is 11.9. The molecule has 0 spiro atoms. The minimum atomic E-state index is -0.775. The summed E-state index contributed by atoms with van der Waals surface area (Å²) in [5, 5.41) is 22.4. The fourth-order valence-corrected chi connectivity index (χ4v) is 1.52. The molecule has 2 aromatic rings. The van der Waals surface area contributed by atoms with Crippen LogP contribution in [0.2, 0.25) is 0 Å². The molecule has 0 saturated carbocycles. The molecule has 102 valence electrons. The molecule has 0 saturated heterocycles. The van der Waals surface area contributed by atoms with Crippen molar-refractivity contribution in [3.05, 3.63) is 62.6 Å². The molecule has 0 atom stereocenters. The van der Waals surface area contributed by atoms with Crippen LogP contribution < -0.4 is 10.7 Å². The quantitative estimate of drug-likeness (QED) is 0.441. The van der Waals surface area contributed by atoms with Crippen molar-refractivity contribution in [2.45, 2.75) is 0 Å². The highest BCUT2D eigenvalue weighted by molar-refractivity contribution is 6.04. The van der Waals surface area contributed by atoms with Crippen molar-refractivity contribution in [2.75, 3.05) is 5.32 Å². The second-order valence-corrected chi connectivity index (χ2v) is 3.83. The predicted octanol–water partition coefficient (Wildman–Crippen LogP) is 1.24. The molecule has 0 fully saturated rings. The molecule has 1 aromatic carbocycles. The van der Waals surface area contributed by atoms with Crippen molar-refractivity contribution >= 4 is 17.3 Å². The zero-order valence-electron chi connectivity index (χ0n) is 9.99. The molecule has 0 radical (unpaired) electrons. The van der Waals surface area contributed by atoms with Crippen molar-refractivity contribution in [3.63, 3.8) is 0 Å². The van der Waals surface area contributed by atoms with Crippen LogP contribution in [0, 0.1) is 10.1 Å². The van der Waals surface area contributed by atoms with Gasteiger partial charge in [-0.05, 0) is 6.07 Å². The van der Waals surface area contributed by atoms with Gasteiger partial charge < -0.3 is 15.4 Å². The normalized spacial score (nSPS) is 10.0. The van der Waals surface area contributed by atoms with Gasteiger partial charge in [0.05, 0.1) is 10.6 Å². The van der Waals surface area contributed by atoms with Crippen LogP contribution in [0.1, 0.15) is 10.4 Å². The van der Waals surface area contributed by atoms with Crippen molar-refractivity contribution < 1.29 is 14.8 Å². The number of anilines is 1. The van der Waals surface area contributed by atoms with Crippen molar-refractivity contribution in [1.29, 1.82) is 0 Å². The van der Waals surface area contributed by atoms with Gasteiger partial charge in [0.1, 0.15) is 11.3 Å². The Labute approximate surface area is 111 Å². The van der Waals surface area contributed by atoms with Crippen LogP contribution in [-0.4, -0.2) is 20.9 Å². The number of phenolic OH excluding ortho intramolecular Hbond substituents is 1. The number of H-pyrrole nitrogens is 1. The first-order valence-corrected chi connectivity index (χ1v) is 5.45. The average Bonchev–Trinajstić information content (AvgIpc) is 2.41. The lowest BCUT2D eigenvalue weighted by atomic mass is 10.2. The summed E-state index contributed by atoms with van der Waals surface area (Å²) < 4.78 is 0. The van der Waals surface area contributed by atoms with E-state index in [1.165, 1.54) is 18.5 Å². The number of nitro groups is 1. The lowest BCUT2D eigenvalue weighted by molar-refractivity contribution is -0.384. The van der Waals surface area contributed by atoms with E-state index in [9.17, 15) is 24.8 Å². The van der Waals surface area contributed by atoms with Crippen LogP contribution in [0.4, 0.5) is 11.4 Å². The van der Waals surface area contributed by atoms with Gasteiger partial charge in [-0.2, -0.15) is 0 Å². The number of amides is 1. The van der Waals surface area contributed by atoms with Crippen LogP contribution >= 0.6 is 0 Å². The topological polar surface area (TPSA) is 125 Å². The molecule has 8 nitrogen and oxygen atoms in total. The number of nitrogens with zero attached hydrogens (tertiary/aromatic N) is 1. The second kappa shape index (κ2) is 5.22. The monoisotopic (exact) mass is 275 g/mol. The summed E-state index contributed by atoms with van der Waals surface area (Å²) in [5.41, 5.74) is -1.11. The largest absolute Gasteiger partial charge is 0.506 e. The molecule has 0 aliphatic rings. The van der Waals surface area contributed by atoms with E-state index in [2.05, 4.69) is 10.3 Å². The minimum Gasteiger partial charge on any atom is -0.506 e. The van der Waals surface area contributed by atoms with Crippen LogP contribution in [0.15, 0.2) is 41.5 Å². The number of phenols is 1. The van der Waals surface area contributed by atoms with Crippen LogP contribution in [0.5, 0.6) is 5.75 Å². The fraction of sp³-hybridized carbons (Fsp3) is 0. The highest BCUT2D eigenvalue weighted by atomic mass is 16.6. The van der Waals surface area contributed by atoms with Crippen molar-refractivity contribution in [2.24, 2.45) is 0 Å². The smallest absolute Gasteiger partial charge is 0.271 e. The number of carbonyl (C=O) groups is 1. The summed E-state index contributed by atoms with van der Waals surface area (Å²) in [6, 6.07) is 4.36. The second-order valence-electron chi connectivity index (χ2n) is 3.83. The van der Waals surface area contributed by atoms with E-state index in [1.54, 1.807) is 0 Å². The van der Waals surface area contributed by atoms with Gasteiger partial charge in [0.25, 0.3) is 11.6 Å². The lowest BCUT2D eigenvalue weighted by Crippen LogP contribution is -2.20. The summed E-state index contributed by atoms with van der Waals surface area (Å²) in [4.78, 5) is 35.9. The van der Waals surface area contributed by atoms with E-state index in [1.807, 2.05) is 0 Å². The van der Waals surface area contributed by atoms with Crippen LogP contribution in [0.25, 0.3) is 0 Å². The first-order valence-electron chi connectivity index (χ1n) is 5.45. The van der Waals surface area contributed by atoms with Gasteiger partial charge in [-0.1, -0.05) is 0 Å². The maximum atomic E-state index is 11.9. The molecule has 8 heteroatoms. The van der Waals surface area contributed by atoms with E-state index >= 15 is 0 Å². The van der Waals surface area contributed by atoms with E-state index in [4.69, 9.17) is 0 Å². The van der Waals surface area contributed by atoms with E-state index < -0.39 is 16.3 Å². The molecule has 1 amide bonds. The molecule has 0 aliphatic carbocycles. The molecule has 0 bridgehead atoms. The number of nitro benzene ring substituents is 1. The average molecular weight is 275 g/mol. The summed E-state index contributed by atoms with van der Waals surface area (Å²) in [5.74, 6) is -1.11. The Morgan fingerprint density at radius 3 is 2.75 bits per heavy atom. The van der Waals surface area contributed by atoms with Crippen molar-refractivity contribution in [1.82, 2.24) is 4.98 Å². The highest BCUT2D eigenvalue weighted by Gasteiger charge is 2.15. The van der Waals surface area contributed by atoms with Crippen LogP contribution in [0.3, 0.4) is 0 Å². The summed E-state index contributed by atoms with van der Waals surface area (Å²) in [7, 11) is 0. The van der Waals surface area contributed by atoms with E-state index in [0.717, 1.165) is 18.2 Å². The number of benzene rings is 1. The van der Waals surface area contributed by atoms with Gasteiger partial charge in [0.2, 0.25) is 0 Å². The maximum Gasteiger partial charge on any atom is 0.271 e. The Balaban J connectivity index is 2.33. The zero-order chi connectivity index (χ0) is 14.7. The molecule has 1 aromatic heterocycles. The Bertz CT molecular complexity index is 738. The molecular weight excluding hydrogens is 266 g/mol. The van der Waals surface area contributed by atoms with Gasteiger partial charge in [-0.15, -0.1) is 0 Å². The number of aromatic nitrogens is 1. The number of hydrogen-bond donors (Lipinski definition) is 3. The number of carbonyl (C=O) groups excluding carboxylic acids is 1. The summed E-state index contributed by atoms with van der Waals surface area (Å²) in [6.07, 6.45) is 2.57. The number of nitrogens with one attached hydrogen (secondary N) is 2. The SMILES string of the molecule is O=C(Nc1cc([N+](=O)[O-])ccc1O)c1c[nH]ccc1=O. The number of hydrogen-bond acceptors (Lipinski definition) is 5. The number of non-ortho nitro benzene ring substituents is 1. The molecule has 0 aliphatic heterocycles. The van der Waals surface area contributed by atoms with Gasteiger partial charge in [0, 0.05) is 30.6 Å². The molecule has 0 unspecified atom stereocenters. The van der Waals surface area contributed by atoms with Crippen LogP contribution in [-0.2, 0) is 0 Å². The fourth-order valence-electron chi connectivity index (χ4n) is 1.52. The van der Waals surface area contributed by atoms with Crippen molar-refractivity contribution in [3.8, 4) is 5.75 Å². The zero-order valence-corrected chi connectivity index (χ0v) is 9.99. The number of aromatic amines is 1. The van der Waals surface area contributed by atoms with Gasteiger partial charge in [-0.25, -0.2) is 0 Å². The molecular formula is C12H9N3O5. The molecule has 20 heavy (non-hydrogen) atoms. The third-order valence-electron chi connectivity index (χ3n) is 2.51. The standard InChI is InChI=1S/C12H9N3O5/c16-10-3-4-13-6-8(10)12(18)14-9-5-7(15(19)20)1-2-11(9)17/h1-6,17H,(H,13,16)(H,14,18). The van der Waals surface area contributed by atoms with E-state index in [0.29, 0.717) is 0 Å². The summed E-state index contributed by atoms with van der Waals surface area (Å²) >= 11 is 0. The lowest BCUT2D eigenvalue weighted by Gasteiger charge is -2.06. The Morgan fingerprint density at radius 1 is 1.35 bits per heavy atom. The minimum absolute atomic E-state index is 0.146. The van der Waals surface area contributed by atoms with E-state index in [-0.39, 0.29) is 22.7 Å².